The number of aromatic nitrogens is 2. The largest absolute Gasteiger partial charge is 0.476 e. The average molecular weight is 483 g/mol. The molecule has 0 spiro atoms. The molecule has 2 N–H and O–H groups in total. The van der Waals surface area contributed by atoms with Gasteiger partial charge >= 0.3 is 5.97 Å². The monoisotopic (exact) mass is 482 g/mol. The molecule has 1 aromatic heterocycles. The number of aromatic carboxylic acids is 1. The SMILES string of the molecule is CC1CCC(Nc2nc(OC3CCOC3)c(-c3ccc(N4CCOCC4)cc3)c(C(=O)O)n2)CC1. The van der Waals surface area contributed by atoms with Crippen molar-refractivity contribution in [2.45, 2.75) is 51.2 Å². The molecule has 1 aliphatic carbocycles. The molecule has 5 rings (SSSR count). The zero-order valence-electron chi connectivity index (χ0n) is 20.2. The fourth-order valence-corrected chi connectivity index (χ4v) is 5.02. The number of nitrogens with zero attached hydrogens (tertiary/aromatic N) is 3. The Morgan fingerprint density at radius 3 is 2.43 bits per heavy atom. The number of ether oxygens (including phenoxy) is 3. The minimum Gasteiger partial charge on any atom is -0.476 e. The van der Waals surface area contributed by atoms with E-state index < -0.39 is 5.97 Å². The Morgan fingerprint density at radius 2 is 1.77 bits per heavy atom. The molecule has 0 radical (unpaired) electrons. The number of carbonyl (C=O) groups is 1. The lowest BCUT2D eigenvalue weighted by Gasteiger charge is -2.29. The Balaban J connectivity index is 1.48. The van der Waals surface area contributed by atoms with Gasteiger partial charge in [0.2, 0.25) is 11.8 Å². The Hall–Kier alpha value is -2.91. The van der Waals surface area contributed by atoms with Crippen molar-refractivity contribution in [2.75, 3.05) is 49.7 Å². The highest BCUT2D eigenvalue weighted by Gasteiger charge is 2.28. The molecule has 3 aliphatic rings. The number of hydrogen-bond acceptors (Lipinski definition) is 8. The Labute approximate surface area is 205 Å². The van der Waals surface area contributed by atoms with Crippen LogP contribution in [0.5, 0.6) is 5.88 Å². The molecule has 1 atom stereocenters. The van der Waals surface area contributed by atoms with E-state index in [1.165, 1.54) is 0 Å². The number of carboxylic acids is 1. The van der Waals surface area contributed by atoms with Crippen LogP contribution in [-0.4, -0.2) is 72.7 Å². The minimum atomic E-state index is -1.10. The van der Waals surface area contributed by atoms with E-state index in [0.29, 0.717) is 55.3 Å². The third-order valence-corrected chi connectivity index (χ3v) is 7.13. The van der Waals surface area contributed by atoms with Crippen LogP contribution in [0.15, 0.2) is 24.3 Å². The van der Waals surface area contributed by atoms with Gasteiger partial charge < -0.3 is 29.5 Å². The van der Waals surface area contributed by atoms with Crippen LogP contribution >= 0.6 is 0 Å². The number of morpholine rings is 1. The summed E-state index contributed by atoms with van der Waals surface area (Å²) >= 11 is 0. The maximum atomic E-state index is 12.4. The standard InChI is InChI=1S/C26H34N4O5/c1-17-2-6-19(7-3-17)27-26-28-23(25(31)32)22(24(29-26)35-21-10-13-34-16-21)18-4-8-20(9-5-18)30-11-14-33-15-12-30/h4-5,8-9,17,19,21H,2-3,6-7,10-16H2,1H3,(H,31,32)(H,27,28,29). The molecule has 0 amide bonds. The second-order valence-corrected chi connectivity index (χ2v) is 9.73. The maximum Gasteiger partial charge on any atom is 0.355 e. The molecule has 9 heteroatoms. The van der Waals surface area contributed by atoms with Crippen LogP contribution in [0.2, 0.25) is 0 Å². The zero-order valence-corrected chi connectivity index (χ0v) is 20.2. The summed E-state index contributed by atoms with van der Waals surface area (Å²) in [5, 5.41) is 13.5. The first-order chi connectivity index (χ1) is 17.1. The van der Waals surface area contributed by atoms with Crippen molar-refractivity contribution in [1.82, 2.24) is 9.97 Å². The fraction of sp³-hybridized carbons (Fsp3) is 0.577. The van der Waals surface area contributed by atoms with E-state index in [9.17, 15) is 9.90 Å². The van der Waals surface area contributed by atoms with Gasteiger partial charge in [0.1, 0.15) is 6.10 Å². The van der Waals surface area contributed by atoms with E-state index >= 15 is 0 Å². The average Bonchev–Trinajstić information content (AvgIpc) is 3.39. The highest BCUT2D eigenvalue weighted by molar-refractivity contribution is 5.96. The smallest absolute Gasteiger partial charge is 0.355 e. The van der Waals surface area contributed by atoms with Crippen molar-refractivity contribution < 1.29 is 24.1 Å². The van der Waals surface area contributed by atoms with E-state index in [-0.39, 0.29) is 17.8 Å². The first kappa shape index (κ1) is 23.8. The van der Waals surface area contributed by atoms with Crippen LogP contribution in [0.25, 0.3) is 11.1 Å². The van der Waals surface area contributed by atoms with Crippen molar-refractivity contribution in [3.05, 3.63) is 30.0 Å². The van der Waals surface area contributed by atoms with Gasteiger partial charge in [-0.05, 0) is 49.3 Å². The molecule has 9 nitrogen and oxygen atoms in total. The van der Waals surface area contributed by atoms with E-state index in [0.717, 1.165) is 50.9 Å². The van der Waals surface area contributed by atoms with Crippen LogP contribution in [0.4, 0.5) is 11.6 Å². The van der Waals surface area contributed by atoms with E-state index in [2.05, 4.69) is 22.1 Å². The van der Waals surface area contributed by atoms with Gasteiger partial charge in [-0.1, -0.05) is 19.1 Å². The third kappa shape index (κ3) is 5.67. The second kappa shape index (κ2) is 10.8. The second-order valence-electron chi connectivity index (χ2n) is 9.73. The maximum absolute atomic E-state index is 12.4. The molecular formula is C26H34N4O5. The van der Waals surface area contributed by atoms with E-state index in [1.807, 2.05) is 24.3 Å². The predicted molar refractivity (Wildman–Crippen MR) is 132 cm³/mol. The lowest BCUT2D eigenvalue weighted by atomic mass is 9.87. The molecular weight excluding hydrogens is 448 g/mol. The summed E-state index contributed by atoms with van der Waals surface area (Å²) < 4.78 is 17.2. The van der Waals surface area contributed by atoms with E-state index in [4.69, 9.17) is 19.2 Å². The van der Waals surface area contributed by atoms with Crippen molar-refractivity contribution in [3.8, 4) is 17.0 Å². The Kier molecular flexibility index (Phi) is 7.34. The van der Waals surface area contributed by atoms with Gasteiger partial charge in [0.25, 0.3) is 0 Å². The van der Waals surface area contributed by atoms with Crippen molar-refractivity contribution >= 4 is 17.6 Å². The zero-order chi connectivity index (χ0) is 24.2. The minimum absolute atomic E-state index is 0.0558. The van der Waals surface area contributed by atoms with Crippen LogP contribution in [0.3, 0.4) is 0 Å². The highest BCUT2D eigenvalue weighted by Crippen LogP contribution is 2.36. The molecule has 3 fully saturated rings. The molecule has 35 heavy (non-hydrogen) atoms. The van der Waals surface area contributed by atoms with Gasteiger partial charge in [0.15, 0.2) is 5.69 Å². The van der Waals surface area contributed by atoms with Crippen molar-refractivity contribution in [3.63, 3.8) is 0 Å². The first-order valence-corrected chi connectivity index (χ1v) is 12.7. The molecule has 2 aliphatic heterocycles. The number of rotatable bonds is 7. The summed E-state index contributed by atoms with van der Waals surface area (Å²) in [6.45, 7) is 6.42. The van der Waals surface area contributed by atoms with E-state index in [1.54, 1.807) is 0 Å². The van der Waals surface area contributed by atoms with Crippen LogP contribution < -0.4 is 15.0 Å². The van der Waals surface area contributed by atoms with Gasteiger partial charge in [-0.3, -0.25) is 0 Å². The van der Waals surface area contributed by atoms with Gasteiger partial charge in [-0.15, -0.1) is 0 Å². The Bertz CT molecular complexity index is 1010. The summed E-state index contributed by atoms with van der Waals surface area (Å²) in [5.74, 6) is 0.211. The third-order valence-electron chi connectivity index (χ3n) is 7.13. The number of nitrogens with one attached hydrogen (secondary N) is 1. The first-order valence-electron chi connectivity index (χ1n) is 12.7. The summed E-state index contributed by atoms with van der Waals surface area (Å²) in [7, 11) is 0. The predicted octanol–water partition coefficient (Wildman–Crippen LogP) is 3.84. The molecule has 2 saturated heterocycles. The van der Waals surface area contributed by atoms with Gasteiger partial charge in [-0.2, -0.15) is 4.98 Å². The summed E-state index contributed by atoms with van der Waals surface area (Å²) in [5.41, 5.74) is 2.14. The molecule has 2 aromatic rings. The lowest BCUT2D eigenvalue weighted by Crippen LogP contribution is -2.36. The number of benzene rings is 1. The topological polar surface area (TPSA) is 106 Å². The molecule has 3 heterocycles. The molecule has 188 valence electrons. The van der Waals surface area contributed by atoms with Crippen molar-refractivity contribution in [1.29, 1.82) is 0 Å². The molecule has 0 bridgehead atoms. The van der Waals surface area contributed by atoms with Gasteiger partial charge in [0.05, 0.1) is 32.0 Å². The normalized spacial score (nSPS) is 24.8. The summed E-state index contributed by atoms with van der Waals surface area (Å²) in [4.78, 5) is 23.8. The van der Waals surface area contributed by atoms with Gasteiger partial charge in [-0.25, -0.2) is 9.78 Å². The number of carboxylic acid groups (broad SMARTS) is 1. The molecule has 1 unspecified atom stereocenters. The molecule has 1 aromatic carbocycles. The highest BCUT2D eigenvalue weighted by atomic mass is 16.5. The van der Waals surface area contributed by atoms with Crippen LogP contribution in [0, 0.1) is 5.92 Å². The van der Waals surface area contributed by atoms with Gasteiger partial charge in [0, 0.05) is 31.2 Å². The molecule has 1 saturated carbocycles. The fourth-order valence-electron chi connectivity index (χ4n) is 5.02. The van der Waals surface area contributed by atoms with Crippen LogP contribution in [0.1, 0.15) is 49.5 Å². The number of hydrogen-bond donors (Lipinski definition) is 2. The number of anilines is 2. The summed E-state index contributed by atoms with van der Waals surface area (Å²) in [6.07, 6.45) is 4.89. The van der Waals surface area contributed by atoms with Crippen molar-refractivity contribution in [2.24, 2.45) is 5.92 Å². The van der Waals surface area contributed by atoms with Crippen LogP contribution in [-0.2, 0) is 9.47 Å². The lowest BCUT2D eigenvalue weighted by molar-refractivity contribution is 0.0690. The quantitative estimate of drug-likeness (QED) is 0.609. The Morgan fingerprint density at radius 1 is 1.03 bits per heavy atom. The summed E-state index contributed by atoms with van der Waals surface area (Å²) in [6, 6.07) is 8.08.